The number of nitrogens with zero attached hydrogens (tertiary/aromatic N) is 2. The highest BCUT2D eigenvalue weighted by atomic mass is 32.1. The molecular weight excluding hydrogens is 503 g/mol. The van der Waals surface area contributed by atoms with Crippen LogP contribution in [-0.4, -0.2) is 34.7 Å². The molecule has 1 aliphatic heterocycles. The van der Waals surface area contributed by atoms with Gasteiger partial charge in [0, 0.05) is 22.5 Å². The summed E-state index contributed by atoms with van der Waals surface area (Å²) in [5.74, 6) is -0.373. The number of halogens is 1. The summed E-state index contributed by atoms with van der Waals surface area (Å²) in [4.78, 5) is 3.59. The molecule has 1 aromatic carbocycles. The minimum absolute atomic E-state index is 0.293. The molecule has 0 spiro atoms. The monoisotopic (exact) mass is 540 g/mol. The van der Waals surface area contributed by atoms with E-state index in [1.165, 1.54) is 12.8 Å². The van der Waals surface area contributed by atoms with Crippen LogP contribution >= 0.6 is 11.3 Å². The number of aromatic amines is 1. The van der Waals surface area contributed by atoms with Crippen LogP contribution in [0, 0.1) is 5.82 Å². The van der Waals surface area contributed by atoms with Crippen molar-refractivity contribution in [1.29, 1.82) is 0 Å². The zero-order valence-corrected chi connectivity index (χ0v) is 23.9. The van der Waals surface area contributed by atoms with Gasteiger partial charge in [0.15, 0.2) is 5.82 Å². The predicted octanol–water partition coefficient (Wildman–Crippen LogP) is 8.50. The molecule has 0 atom stereocenters. The van der Waals surface area contributed by atoms with E-state index in [1.54, 1.807) is 23.5 Å². The Bertz CT molecular complexity index is 1490. The first-order chi connectivity index (χ1) is 18.9. The Kier molecular flexibility index (Phi) is 9.33. The standard InChI is InChI=1S/C33H37FN4S/c1-7-13-28(31-14-12-17-39-31)22(4)23(5)35-24(6)32-29-19-27(20-30(34)33(29)37-36-32)26(9-3)18-25(8-2)21-38-15-10-11-16-38/h7-9,12-14,17-20,35H,1-2,6,10-11,15-16,21H2,3-5H3,(H,36,37)/b23-22+,25-18+,26-9+,28-13+. The van der Waals surface area contributed by atoms with Crippen molar-refractivity contribution in [3.63, 3.8) is 0 Å². The van der Waals surface area contributed by atoms with Crippen molar-refractivity contribution in [2.45, 2.75) is 33.6 Å². The number of thiophene rings is 1. The van der Waals surface area contributed by atoms with Crippen LogP contribution in [-0.2, 0) is 0 Å². The smallest absolute Gasteiger partial charge is 0.151 e. The first-order valence-electron chi connectivity index (χ1n) is 13.3. The van der Waals surface area contributed by atoms with Gasteiger partial charge in [-0.3, -0.25) is 10.00 Å². The molecule has 3 aromatic rings. The third-order valence-corrected chi connectivity index (χ3v) is 8.05. The predicted molar refractivity (Wildman–Crippen MR) is 167 cm³/mol. The van der Waals surface area contributed by atoms with Crippen LogP contribution in [0.1, 0.15) is 49.7 Å². The van der Waals surface area contributed by atoms with Crippen LogP contribution in [0.4, 0.5) is 4.39 Å². The Morgan fingerprint density at radius 3 is 2.64 bits per heavy atom. The molecule has 0 unspecified atom stereocenters. The number of H-pyrrole nitrogens is 1. The number of nitrogens with one attached hydrogen (secondary N) is 2. The van der Waals surface area contributed by atoms with Gasteiger partial charge in [-0.1, -0.05) is 56.2 Å². The molecule has 1 fully saturated rings. The topological polar surface area (TPSA) is 44.0 Å². The Morgan fingerprint density at radius 2 is 2.00 bits per heavy atom. The largest absolute Gasteiger partial charge is 0.358 e. The van der Waals surface area contributed by atoms with Gasteiger partial charge in [0.2, 0.25) is 0 Å². The maximum Gasteiger partial charge on any atom is 0.151 e. The Balaban J connectivity index is 1.65. The summed E-state index contributed by atoms with van der Waals surface area (Å²) in [7, 11) is 0. The second-order valence-corrected chi connectivity index (χ2v) is 10.7. The van der Waals surface area contributed by atoms with E-state index in [4.69, 9.17) is 0 Å². The molecule has 2 aromatic heterocycles. The lowest BCUT2D eigenvalue weighted by Gasteiger charge is -2.16. The van der Waals surface area contributed by atoms with Crippen molar-refractivity contribution in [2.75, 3.05) is 19.6 Å². The number of aromatic nitrogens is 2. The maximum absolute atomic E-state index is 15.3. The van der Waals surface area contributed by atoms with Crippen molar-refractivity contribution < 1.29 is 4.39 Å². The summed E-state index contributed by atoms with van der Waals surface area (Å²) in [6, 6.07) is 7.66. The van der Waals surface area contributed by atoms with E-state index in [0.717, 1.165) is 58.1 Å². The lowest BCUT2D eigenvalue weighted by atomic mass is 9.99. The van der Waals surface area contributed by atoms with Crippen LogP contribution in [0.2, 0.25) is 0 Å². The van der Waals surface area contributed by atoms with E-state index in [2.05, 4.69) is 64.6 Å². The molecule has 0 aliphatic carbocycles. The molecule has 3 heterocycles. The van der Waals surface area contributed by atoms with E-state index in [-0.39, 0.29) is 5.82 Å². The van der Waals surface area contributed by atoms with E-state index in [0.29, 0.717) is 22.3 Å². The van der Waals surface area contributed by atoms with Gasteiger partial charge in [-0.2, -0.15) is 5.10 Å². The molecule has 0 bridgehead atoms. The highest BCUT2D eigenvalue weighted by Crippen LogP contribution is 2.31. The fourth-order valence-electron chi connectivity index (χ4n) is 4.90. The Hall–Kier alpha value is -3.74. The lowest BCUT2D eigenvalue weighted by molar-refractivity contribution is 0.371. The van der Waals surface area contributed by atoms with Gasteiger partial charge < -0.3 is 5.32 Å². The molecule has 202 valence electrons. The number of rotatable bonds is 11. The van der Waals surface area contributed by atoms with E-state index in [1.807, 2.05) is 44.2 Å². The number of allylic oxidation sites excluding steroid dienone is 8. The molecule has 4 rings (SSSR count). The molecule has 1 saturated heterocycles. The van der Waals surface area contributed by atoms with Gasteiger partial charge in [0.05, 0.1) is 11.4 Å². The summed E-state index contributed by atoms with van der Waals surface area (Å²) < 4.78 is 15.3. The molecule has 0 radical (unpaired) electrons. The molecule has 0 amide bonds. The fraction of sp³-hybridized carbons (Fsp3) is 0.242. The minimum Gasteiger partial charge on any atom is -0.358 e. The van der Waals surface area contributed by atoms with E-state index in [9.17, 15) is 0 Å². The SMILES string of the molecule is C=C/C=C(\C(C)=C(/C)NC(=C)c1[nH]nc2c(F)cc(C(/C=C(\C=C)CN3CCCC3)=C/C)cc12)c1cccs1. The van der Waals surface area contributed by atoms with Crippen LogP contribution in [0.15, 0.2) is 96.6 Å². The summed E-state index contributed by atoms with van der Waals surface area (Å²) in [6.07, 6.45) is 12.3. The average molecular weight is 541 g/mol. The first-order valence-corrected chi connectivity index (χ1v) is 14.1. The Labute approximate surface area is 235 Å². The van der Waals surface area contributed by atoms with Gasteiger partial charge in [-0.25, -0.2) is 4.39 Å². The molecular formula is C33H37FN4S. The van der Waals surface area contributed by atoms with Crippen molar-refractivity contribution in [3.8, 4) is 0 Å². The fourth-order valence-corrected chi connectivity index (χ4v) is 5.71. The van der Waals surface area contributed by atoms with E-state index < -0.39 is 0 Å². The highest BCUT2D eigenvalue weighted by molar-refractivity contribution is 7.11. The zero-order chi connectivity index (χ0) is 27.9. The Morgan fingerprint density at radius 1 is 1.23 bits per heavy atom. The zero-order valence-electron chi connectivity index (χ0n) is 23.1. The van der Waals surface area contributed by atoms with Crippen molar-refractivity contribution in [1.82, 2.24) is 20.4 Å². The van der Waals surface area contributed by atoms with Gasteiger partial charge in [0.25, 0.3) is 0 Å². The number of hydrogen-bond donors (Lipinski definition) is 2. The third-order valence-electron chi connectivity index (χ3n) is 7.14. The first kappa shape index (κ1) is 28.3. The molecule has 4 nitrogen and oxygen atoms in total. The summed E-state index contributed by atoms with van der Waals surface area (Å²) in [6.45, 7) is 21.3. The van der Waals surface area contributed by atoms with Gasteiger partial charge >= 0.3 is 0 Å². The van der Waals surface area contributed by atoms with Crippen molar-refractivity contribution >= 4 is 39.1 Å². The van der Waals surface area contributed by atoms with Crippen LogP contribution < -0.4 is 5.32 Å². The third kappa shape index (κ3) is 6.47. The summed E-state index contributed by atoms with van der Waals surface area (Å²) in [5, 5.41) is 13.4. The average Bonchev–Trinajstić information content (AvgIpc) is 3.71. The lowest BCUT2D eigenvalue weighted by Crippen LogP contribution is -2.21. The summed E-state index contributed by atoms with van der Waals surface area (Å²) in [5.41, 5.74) is 7.53. The number of likely N-dealkylation sites (tertiary alicyclic amines) is 1. The maximum atomic E-state index is 15.3. The van der Waals surface area contributed by atoms with Crippen LogP contribution in [0.25, 0.3) is 27.7 Å². The number of hydrogen-bond acceptors (Lipinski definition) is 4. The molecule has 2 N–H and O–H groups in total. The van der Waals surface area contributed by atoms with Gasteiger partial charge in [0.1, 0.15) is 5.52 Å². The van der Waals surface area contributed by atoms with Crippen molar-refractivity contribution in [2.24, 2.45) is 0 Å². The summed E-state index contributed by atoms with van der Waals surface area (Å²) >= 11 is 1.68. The number of fused-ring (bicyclic) bond motifs is 1. The second-order valence-electron chi connectivity index (χ2n) is 9.75. The van der Waals surface area contributed by atoms with E-state index >= 15 is 4.39 Å². The molecule has 6 heteroatoms. The van der Waals surface area contributed by atoms with Crippen LogP contribution in [0.5, 0.6) is 0 Å². The van der Waals surface area contributed by atoms with Crippen molar-refractivity contribution in [3.05, 3.63) is 119 Å². The highest BCUT2D eigenvalue weighted by Gasteiger charge is 2.17. The molecule has 1 aliphatic rings. The molecule has 0 saturated carbocycles. The van der Waals surface area contributed by atoms with Crippen LogP contribution in [0.3, 0.4) is 0 Å². The minimum atomic E-state index is -0.373. The molecule has 39 heavy (non-hydrogen) atoms. The van der Waals surface area contributed by atoms with Gasteiger partial charge in [-0.05, 0) is 98.1 Å². The second kappa shape index (κ2) is 12.9. The normalized spacial score (nSPS) is 15.9. The quantitative estimate of drug-likeness (QED) is 0.240. The van der Waals surface area contributed by atoms with Gasteiger partial charge in [-0.15, -0.1) is 11.3 Å². The number of benzene rings is 1.